The molecule has 1 aromatic rings. The zero-order valence-electron chi connectivity index (χ0n) is 18.1. The summed E-state index contributed by atoms with van der Waals surface area (Å²) in [4.78, 5) is 34.8. The van der Waals surface area contributed by atoms with Gasteiger partial charge in [0.25, 0.3) is 0 Å². The summed E-state index contributed by atoms with van der Waals surface area (Å²) in [6, 6.07) is 8.75. The maximum Gasteiger partial charge on any atom is 0.319 e. The van der Waals surface area contributed by atoms with Crippen molar-refractivity contribution >= 4 is 23.6 Å². The molecular formula is C24H35N3O4. The number of carbonyl (C=O) groups excluding carboxylic acids is 2. The molecule has 3 amide bonds. The average molecular weight is 430 g/mol. The lowest BCUT2D eigenvalue weighted by Gasteiger charge is -2.31. The summed E-state index contributed by atoms with van der Waals surface area (Å²) in [6.45, 7) is 0.652. The Morgan fingerprint density at radius 3 is 2.35 bits per heavy atom. The topological polar surface area (TPSA) is 108 Å². The molecule has 0 aliphatic heterocycles. The van der Waals surface area contributed by atoms with E-state index in [1.165, 1.54) is 25.7 Å². The maximum atomic E-state index is 12.3. The minimum atomic E-state index is -0.712. The summed E-state index contributed by atoms with van der Waals surface area (Å²) in [7, 11) is 0. The van der Waals surface area contributed by atoms with E-state index >= 15 is 0 Å². The van der Waals surface area contributed by atoms with Crippen molar-refractivity contribution in [2.24, 2.45) is 23.7 Å². The summed E-state index contributed by atoms with van der Waals surface area (Å²) in [6.07, 6.45) is 9.24. The van der Waals surface area contributed by atoms with Crippen molar-refractivity contribution < 1.29 is 19.5 Å². The third-order valence-corrected chi connectivity index (χ3v) is 6.93. The fraction of sp³-hybridized carbons (Fsp3) is 0.625. The van der Waals surface area contributed by atoms with E-state index in [1.54, 1.807) is 12.1 Å². The van der Waals surface area contributed by atoms with E-state index in [-0.39, 0.29) is 24.9 Å². The van der Waals surface area contributed by atoms with Gasteiger partial charge < -0.3 is 21.1 Å². The van der Waals surface area contributed by atoms with Gasteiger partial charge in [0.15, 0.2) is 0 Å². The highest BCUT2D eigenvalue weighted by molar-refractivity contribution is 5.92. The van der Waals surface area contributed by atoms with Gasteiger partial charge in [-0.25, -0.2) is 4.79 Å². The maximum absolute atomic E-state index is 12.3. The summed E-state index contributed by atoms with van der Waals surface area (Å²) >= 11 is 0. The third kappa shape index (κ3) is 7.26. The van der Waals surface area contributed by atoms with Gasteiger partial charge in [-0.3, -0.25) is 9.59 Å². The molecule has 4 N–H and O–H groups in total. The normalized spacial score (nSPS) is 24.0. The van der Waals surface area contributed by atoms with Crippen molar-refractivity contribution in [1.29, 1.82) is 0 Å². The van der Waals surface area contributed by atoms with E-state index in [0.29, 0.717) is 30.0 Å². The zero-order chi connectivity index (χ0) is 22.1. The Morgan fingerprint density at radius 2 is 1.61 bits per heavy atom. The lowest BCUT2D eigenvalue weighted by Crippen LogP contribution is -2.42. The second kappa shape index (κ2) is 11.7. The van der Waals surface area contributed by atoms with E-state index in [4.69, 9.17) is 5.11 Å². The van der Waals surface area contributed by atoms with Crippen LogP contribution in [0.25, 0.3) is 0 Å². The van der Waals surface area contributed by atoms with E-state index in [0.717, 1.165) is 31.6 Å². The van der Waals surface area contributed by atoms with Crippen LogP contribution in [-0.2, 0) is 9.59 Å². The quantitative estimate of drug-likeness (QED) is 0.377. The minimum absolute atomic E-state index is 0.0340. The Bertz CT molecular complexity index is 740. The van der Waals surface area contributed by atoms with Gasteiger partial charge in [0.2, 0.25) is 5.91 Å². The fourth-order valence-electron chi connectivity index (χ4n) is 5.46. The molecule has 7 heteroatoms. The van der Waals surface area contributed by atoms with Crippen LogP contribution in [0.15, 0.2) is 30.3 Å². The lowest BCUT2D eigenvalue weighted by atomic mass is 9.76. The van der Waals surface area contributed by atoms with Gasteiger partial charge in [-0.05, 0) is 67.9 Å². The Hall–Kier alpha value is -2.57. The molecule has 4 atom stereocenters. The molecule has 2 aliphatic rings. The minimum Gasteiger partial charge on any atom is -0.481 e. The second-order valence-electron chi connectivity index (χ2n) is 8.99. The van der Waals surface area contributed by atoms with Gasteiger partial charge in [0, 0.05) is 18.7 Å². The van der Waals surface area contributed by atoms with Crippen LogP contribution in [0.4, 0.5) is 10.5 Å². The molecule has 1 aromatic carbocycles. The number of para-hydroxylation sites is 1. The highest BCUT2D eigenvalue weighted by Crippen LogP contribution is 2.53. The van der Waals surface area contributed by atoms with Gasteiger partial charge in [-0.2, -0.15) is 0 Å². The molecule has 0 unspecified atom stereocenters. The molecule has 31 heavy (non-hydrogen) atoms. The van der Waals surface area contributed by atoms with Crippen LogP contribution in [0.5, 0.6) is 0 Å². The number of aliphatic carboxylic acids is 1. The number of hydrogen-bond donors (Lipinski definition) is 4. The molecule has 0 aromatic heterocycles. The van der Waals surface area contributed by atoms with Gasteiger partial charge in [-0.15, -0.1) is 0 Å². The van der Waals surface area contributed by atoms with Crippen molar-refractivity contribution in [3.8, 4) is 0 Å². The average Bonchev–Trinajstić information content (AvgIpc) is 3.35. The van der Waals surface area contributed by atoms with Crippen LogP contribution < -0.4 is 16.0 Å². The van der Waals surface area contributed by atoms with Crippen molar-refractivity contribution in [3.05, 3.63) is 30.3 Å². The Balaban J connectivity index is 1.34. The van der Waals surface area contributed by atoms with E-state index in [1.807, 2.05) is 18.2 Å². The second-order valence-corrected chi connectivity index (χ2v) is 8.99. The number of nitrogens with one attached hydrogen (secondary N) is 3. The number of amides is 3. The Labute approximate surface area is 184 Å². The lowest BCUT2D eigenvalue weighted by molar-refractivity contribution is -0.137. The standard InChI is InChI=1S/C24H35N3O4/c28-22(16-26-24(31)27-19-8-4-3-5-9-19)25-15-21-18-13-12-17(14-18)20(21)10-6-1-2-7-11-23(29)30/h3-5,8-9,17-18,20-21H,1-2,6-7,10-16H2,(H,25,28)(H,29,30)(H2,26,27,31)/t17-,18+,20-,21+/m1/s1. The number of fused-ring (bicyclic) bond motifs is 2. The number of unbranched alkanes of at least 4 members (excludes halogenated alkanes) is 3. The summed E-state index contributed by atoms with van der Waals surface area (Å²) in [5.41, 5.74) is 0.688. The van der Waals surface area contributed by atoms with Crippen LogP contribution in [0, 0.1) is 23.7 Å². The monoisotopic (exact) mass is 429 g/mol. The van der Waals surface area contributed by atoms with Crippen molar-refractivity contribution in [2.75, 3.05) is 18.4 Å². The van der Waals surface area contributed by atoms with Crippen LogP contribution >= 0.6 is 0 Å². The first-order chi connectivity index (χ1) is 15.0. The Kier molecular flexibility index (Phi) is 8.74. The molecule has 3 rings (SSSR count). The third-order valence-electron chi connectivity index (χ3n) is 6.93. The molecule has 0 heterocycles. The first-order valence-corrected chi connectivity index (χ1v) is 11.6. The highest BCUT2D eigenvalue weighted by atomic mass is 16.4. The summed E-state index contributed by atoms with van der Waals surface area (Å²) < 4.78 is 0. The van der Waals surface area contributed by atoms with Gasteiger partial charge in [0.1, 0.15) is 0 Å². The van der Waals surface area contributed by atoms with Gasteiger partial charge in [0.05, 0.1) is 6.54 Å². The smallest absolute Gasteiger partial charge is 0.319 e. The molecular weight excluding hydrogens is 394 g/mol. The summed E-state index contributed by atoms with van der Waals surface area (Å²) in [5, 5.41) is 17.1. The fourth-order valence-corrected chi connectivity index (χ4v) is 5.46. The molecule has 170 valence electrons. The molecule has 2 bridgehead atoms. The molecule has 0 saturated heterocycles. The first-order valence-electron chi connectivity index (χ1n) is 11.6. The van der Waals surface area contributed by atoms with Gasteiger partial charge >= 0.3 is 12.0 Å². The number of benzene rings is 1. The van der Waals surface area contributed by atoms with Crippen molar-refractivity contribution in [1.82, 2.24) is 10.6 Å². The molecule has 2 aliphatic carbocycles. The molecule has 2 saturated carbocycles. The van der Waals surface area contributed by atoms with Crippen LogP contribution in [0.3, 0.4) is 0 Å². The predicted molar refractivity (Wildman–Crippen MR) is 120 cm³/mol. The number of anilines is 1. The number of urea groups is 1. The number of carboxylic acid groups (broad SMARTS) is 1. The van der Waals surface area contributed by atoms with Crippen LogP contribution in [0.1, 0.15) is 57.8 Å². The van der Waals surface area contributed by atoms with Crippen LogP contribution in [0.2, 0.25) is 0 Å². The predicted octanol–water partition coefficient (Wildman–Crippen LogP) is 4.01. The van der Waals surface area contributed by atoms with Crippen LogP contribution in [-0.4, -0.2) is 36.1 Å². The first kappa shape index (κ1) is 23.1. The highest BCUT2D eigenvalue weighted by Gasteiger charge is 2.46. The van der Waals surface area contributed by atoms with E-state index < -0.39 is 5.97 Å². The largest absolute Gasteiger partial charge is 0.481 e. The number of rotatable bonds is 12. The molecule has 7 nitrogen and oxygen atoms in total. The molecule has 2 fully saturated rings. The zero-order valence-corrected chi connectivity index (χ0v) is 18.1. The van der Waals surface area contributed by atoms with Gasteiger partial charge in [-0.1, -0.05) is 37.5 Å². The molecule has 0 radical (unpaired) electrons. The Morgan fingerprint density at radius 1 is 0.903 bits per heavy atom. The summed E-state index contributed by atoms with van der Waals surface area (Å²) in [5.74, 6) is 1.81. The molecule has 0 spiro atoms. The number of carboxylic acids is 1. The van der Waals surface area contributed by atoms with Crippen molar-refractivity contribution in [3.63, 3.8) is 0 Å². The van der Waals surface area contributed by atoms with Crippen molar-refractivity contribution in [2.45, 2.75) is 57.8 Å². The SMILES string of the molecule is O=C(O)CCCCCC[C@@H]1[C@@H]2CC[C@@H](C2)[C@@H]1CNC(=O)CNC(=O)Nc1ccccc1. The van der Waals surface area contributed by atoms with E-state index in [2.05, 4.69) is 16.0 Å². The van der Waals surface area contributed by atoms with E-state index in [9.17, 15) is 14.4 Å². The number of hydrogen-bond acceptors (Lipinski definition) is 3. The number of carbonyl (C=O) groups is 3.